The molecular weight excluding hydrogens is 304 g/mol. The van der Waals surface area contributed by atoms with Crippen LogP contribution in [0.1, 0.15) is 33.2 Å². The molecule has 3 rings (SSSR count). The first-order chi connectivity index (χ1) is 11.7. The topological polar surface area (TPSA) is 77.8 Å². The monoisotopic (exact) mass is 326 g/mol. The third-order valence-corrected chi connectivity index (χ3v) is 3.74. The highest BCUT2D eigenvalue weighted by Crippen LogP contribution is 2.29. The van der Waals surface area contributed by atoms with Gasteiger partial charge in [-0.15, -0.1) is 0 Å². The Bertz CT molecular complexity index is 825. The van der Waals surface area contributed by atoms with Crippen LogP contribution >= 0.6 is 0 Å². The predicted octanol–water partition coefficient (Wildman–Crippen LogP) is 3.30. The molecule has 7 heteroatoms. The van der Waals surface area contributed by atoms with Crippen LogP contribution in [0.2, 0.25) is 0 Å². The van der Waals surface area contributed by atoms with Gasteiger partial charge in [0.2, 0.25) is 5.88 Å². The number of hydrogen-bond donors (Lipinski definition) is 1. The molecule has 7 nitrogen and oxygen atoms in total. The molecule has 0 aromatic carbocycles. The minimum absolute atomic E-state index is 0.209. The number of hydrogen-bond acceptors (Lipinski definition) is 6. The van der Waals surface area contributed by atoms with E-state index in [0.29, 0.717) is 5.88 Å². The van der Waals surface area contributed by atoms with Crippen LogP contribution in [-0.2, 0) is 0 Å². The van der Waals surface area contributed by atoms with Crippen LogP contribution in [0.4, 0.5) is 5.82 Å². The molecule has 3 aromatic rings. The second kappa shape index (κ2) is 6.82. The predicted molar refractivity (Wildman–Crippen MR) is 94.3 cm³/mol. The number of anilines is 1. The molecular formula is C17H22N6O. The van der Waals surface area contributed by atoms with Gasteiger partial charge in [-0.3, -0.25) is 0 Å². The van der Waals surface area contributed by atoms with Crippen LogP contribution in [0.15, 0.2) is 24.7 Å². The number of rotatable bonds is 6. The molecule has 0 saturated carbocycles. The number of methoxy groups -OCH3 is 1. The molecule has 0 aliphatic carbocycles. The van der Waals surface area contributed by atoms with Crippen LogP contribution in [0, 0.1) is 0 Å². The molecule has 0 aliphatic rings. The van der Waals surface area contributed by atoms with Gasteiger partial charge in [-0.25, -0.2) is 19.9 Å². The first kappa shape index (κ1) is 16.2. The highest BCUT2D eigenvalue weighted by atomic mass is 16.5. The van der Waals surface area contributed by atoms with Gasteiger partial charge in [0.25, 0.3) is 0 Å². The van der Waals surface area contributed by atoms with Crippen molar-refractivity contribution >= 4 is 17.0 Å². The SMILES string of the molecule is CCCNc1ncnc2c1nc(-c1ccc(OC)nc1)n2C(C)C. The summed E-state index contributed by atoms with van der Waals surface area (Å²) in [5, 5.41) is 3.32. The van der Waals surface area contributed by atoms with E-state index in [9.17, 15) is 0 Å². The van der Waals surface area contributed by atoms with Gasteiger partial charge >= 0.3 is 0 Å². The van der Waals surface area contributed by atoms with Crippen molar-refractivity contribution < 1.29 is 4.74 Å². The molecule has 0 atom stereocenters. The standard InChI is InChI=1S/C17H22N6O/c1-5-8-18-15-14-17(21-10-20-15)23(11(2)3)16(22-14)12-6-7-13(24-4)19-9-12/h6-7,9-11H,5,8H2,1-4H3,(H,18,20,21). The van der Waals surface area contributed by atoms with Crippen LogP contribution in [0.5, 0.6) is 5.88 Å². The maximum Gasteiger partial charge on any atom is 0.212 e. The molecule has 0 fully saturated rings. The molecule has 0 saturated heterocycles. The summed E-state index contributed by atoms with van der Waals surface area (Å²) in [6.45, 7) is 7.19. The van der Waals surface area contributed by atoms with Gasteiger partial charge in [-0.2, -0.15) is 0 Å². The highest BCUT2D eigenvalue weighted by molar-refractivity contribution is 5.86. The van der Waals surface area contributed by atoms with E-state index in [-0.39, 0.29) is 6.04 Å². The number of fused-ring (bicyclic) bond motifs is 1. The molecule has 0 bridgehead atoms. The number of nitrogens with one attached hydrogen (secondary N) is 1. The fourth-order valence-electron chi connectivity index (χ4n) is 2.61. The summed E-state index contributed by atoms with van der Waals surface area (Å²) in [4.78, 5) is 17.9. The summed E-state index contributed by atoms with van der Waals surface area (Å²) in [6, 6.07) is 4.00. The highest BCUT2D eigenvalue weighted by Gasteiger charge is 2.19. The van der Waals surface area contributed by atoms with Crippen LogP contribution in [-0.4, -0.2) is 38.2 Å². The Morgan fingerprint density at radius 2 is 2.04 bits per heavy atom. The molecule has 0 spiro atoms. The van der Waals surface area contributed by atoms with E-state index in [4.69, 9.17) is 9.72 Å². The van der Waals surface area contributed by atoms with Gasteiger partial charge < -0.3 is 14.6 Å². The molecule has 126 valence electrons. The van der Waals surface area contributed by atoms with Crippen LogP contribution < -0.4 is 10.1 Å². The van der Waals surface area contributed by atoms with E-state index in [0.717, 1.165) is 41.3 Å². The summed E-state index contributed by atoms with van der Waals surface area (Å²) in [5.74, 6) is 2.18. The molecule has 24 heavy (non-hydrogen) atoms. The van der Waals surface area contributed by atoms with Gasteiger partial charge in [-0.1, -0.05) is 6.92 Å². The molecule has 1 N–H and O–H groups in total. The first-order valence-corrected chi connectivity index (χ1v) is 8.13. The second-order valence-electron chi connectivity index (χ2n) is 5.81. The number of imidazole rings is 1. The van der Waals surface area contributed by atoms with Crippen molar-refractivity contribution in [3.05, 3.63) is 24.7 Å². The normalized spacial score (nSPS) is 11.2. The van der Waals surface area contributed by atoms with Crippen molar-refractivity contribution in [3.8, 4) is 17.3 Å². The van der Waals surface area contributed by atoms with Crippen molar-refractivity contribution in [3.63, 3.8) is 0 Å². The zero-order valence-electron chi connectivity index (χ0n) is 14.4. The average Bonchev–Trinajstić information content (AvgIpc) is 3.00. The number of aromatic nitrogens is 5. The first-order valence-electron chi connectivity index (χ1n) is 8.13. The Kier molecular flexibility index (Phi) is 4.59. The summed E-state index contributed by atoms with van der Waals surface area (Å²) in [5.41, 5.74) is 2.53. The number of nitrogens with zero attached hydrogens (tertiary/aromatic N) is 5. The largest absolute Gasteiger partial charge is 0.481 e. The van der Waals surface area contributed by atoms with Gasteiger partial charge in [0.1, 0.15) is 12.2 Å². The molecule has 3 aromatic heterocycles. The lowest BCUT2D eigenvalue weighted by Crippen LogP contribution is -2.06. The molecule has 3 heterocycles. The Balaban J connectivity index is 2.17. The fourth-order valence-corrected chi connectivity index (χ4v) is 2.61. The summed E-state index contributed by atoms with van der Waals surface area (Å²) in [6.07, 6.45) is 4.37. The molecule has 0 radical (unpaired) electrons. The molecule has 0 unspecified atom stereocenters. The Morgan fingerprint density at radius 1 is 1.21 bits per heavy atom. The van der Waals surface area contributed by atoms with E-state index in [2.05, 4.69) is 45.6 Å². The van der Waals surface area contributed by atoms with Crippen molar-refractivity contribution in [1.29, 1.82) is 0 Å². The van der Waals surface area contributed by atoms with Crippen molar-refractivity contribution in [1.82, 2.24) is 24.5 Å². The summed E-state index contributed by atoms with van der Waals surface area (Å²) in [7, 11) is 1.60. The quantitative estimate of drug-likeness (QED) is 0.749. The Morgan fingerprint density at radius 3 is 2.67 bits per heavy atom. The zero-order chi connectivity index (χ0) is 17.1. The van der Waals surface area contributed by atoms with E-state index >= 15 is 0 Å². The zero-order valence-corrected chi connectivity index (χ0v) is 14.4. The van der Waals surface area contributed by atoms with E-state index in [1.807, 2.05) is 12.1 Å². The Labute approximate surface area is 141 Å². The van der Waals surface area contributed by atoms with Crippen molar-refractivity contribution in [2.75, 3.05) is 19.0 Å². The molecule has 0 amide bonds. The molecule has 0 aliphatic heterocycles. The smallest absolute Gasteiger partial charge is 0.212 e. The lowest BCUT2D eigenvalue weighted by Gasteiger charge is -2.12. The second-order valence-corrected chi connectivity index (χ2v) is 5.81. The van der Waals surface area contributed by atoms with Gasteiger partial charge in [0, 0.05) is 30.4 Å². The van der Waals surface area contributed by atoms with Crippen LogP contribution in [0.3, 0.4) is 0 Å². The number of pyridine rings is 1. The van der Waals surface area contributed by atoms with Crippen molar-refractivity contribution in [2.24, 2.45) is 0 Å². The van der Waals surface area contributed by atoms with E-state index in [1.165, 1.54) is 0 Å². The van der Waals surface area contributed by atoms with E-state index in [1.54, 1.807) is 19.6 Å². The van der Waals surface area contributed by atoms with Crippen molar-refractivity contribution in [2.45, 2.75) is 33.2 Å². The fraction of sp³-hybridized carbons (Fsp3) is 0.412. The third-order valence-electron chi connectivity index (χ3n) is 3.74. The lowest BCUT2D eigenvalue weighted by molar-refractivity contribution is 0.398. The van der Waals surface area contributed by atoms with Crippen LogP contribution in [0.25, 0.3) is 22.6 Å². The average molecular weight is 326 g/mol. The lowest BCUT2D eigenvalue weighted by atomic mass is 10.2. The minimum atomic E-state index is 0.209. The third kappa shape index (κ3) is 2.89. The van der Waals surface area contributed by atoms with Gasteiger partial charge in [-0.05, 0) is 26.3 Å². The maximum atomic E-state index is 5.13. The summed E-state index contributed by atoms with van der Waals surface area (Å²) >= 11 is 0. The Hall–Kier alpha value is -2.70. The van der Waals surface area contributed by atoms with Gasteiger partial charge in [0.15, 0.2) is 17.0 Å². The van der Waals surface area contributed by atoms with E-state index < -0.39 is 0 Å². The number of ether oxygens (including phenoxy) is 1. The summed E-state index contributed by atoms with van der Waals surface area (Å²) < 4.78 is 7.24. The minimum Gasteiger partial charge on any atom is -0.481 e. The van der Waals surface area contributed by atoms with Gasteiger partial charge in [0.05, 0.1) is 7.11 Å². The maximum absolute atomic E-state index is 5.13.